The minimum Gasteiger partial charge on any atom is -0.492 e. The quantitative estimate of drug-likeness (QED) is 0.629. The molecular formula is C10H11NO7. The van der Waals surface area contributed by atoms with Gasteiger partial charge in [0.05, 0.1) is 25.7 Å². The average Bonchev–Trinajstić information content (AvgIpc) is 2.83. The lowest BCUT2D eigenvalue weighted by Crippen LogP contribution is -2.03. The molecule has 0 saturated heterocycles. The molecule has 0 fully saturated rings. The predicted octanol–water partition coefficient (Wildman–Crippen LogP) is 0.833. The molecule has 98 valence electrons. The van der Waals surface area contributed by atoms with Gasteiger partial charge in [0, 0.05) is 0 Å². The van der Waals surface area contributed by atoms with Crippen LogP contribution in [0.2, 0.25) is 0 Å². The first-order valence-electron chi connectivity index (χ1n) is 4.97. The molecule has 0 spiro atoms. The van der Waals surface area contributed by atoms with Crippen LogP contribution in [0.3, 0.4) is 0 Å². The van der Waals surface area contributed by atoms with Gasteiger partial charge in [-0.1, -0.05) is 0 Å². The Morgan fingerprint density at radius 1 is 1.28 bits per heavy atom. The summed E-state index contributed by atoms with van der Waals surface area (Å²) in [6.45, 7) is -0.666. The van der Waals surface area contributed by atoms with Crippen LogP contribution in [0.5, 0.6) is 23.0 Å². The molecule has 0 amide bonds. The summed E-state index contributed by atoms with van der Waals surface area (Å²) in [7, 11) is 2.60. The Morgan fingerprint density at radius 3 is 2.28 bits per heavy atom. The van der Waals surface area contributed by atoms with Crippen molar-refractivity contribution >= 4 is 5.69 Å². The number of rotatable bonds is 4. The maximum Gasteiger partial charge on any atom is 0.324 e. The van der Waals surface area contributed by atoms with Crippen molar-refractivity contribution in [3.05, 3.63) is 15.7 Å². The first kappa shape index (κ1) is 12.2. The second kappa shape index (κ2) is 4.57. The van der Waals surface area contributed by atoms with Gasteiger partial charge in [-0.05, 0) is 0 Å². The van der Waals surface area contributed by atoms with Gasteiger partial charge >= 0.3 is 5.69 Å². The topological polar surface area (TPSA) is 100 Å². The molecule has 1 heterocycles. The third kappa shape index (κ3) is 1.58. The number of aliphatic hydroxyl groups is 1. The molecule has 1 aliphatic heterocycles. The summed E-state index contributed by atoms with van der Waals surface area (Å²) in [5.74, 6) is 0.303. The fraction of sp³-hybridized carbons (Fsp3) is 0.400. The zero-order valence-corrected chi connectivity index (χ0v) is 9.76. The van der Waals surface area contributed by atoms with E-state index in [9.17, 15) is 15.2 Å². The first-order valence-corrected chi connectivity index (χ1v) is 4.97. The maximum atomic E-state index is 11.1. The van der Waals surface area contributed by atoms with E-state index in [1.807, 2.05) is 0 Å². The standard InChI is InChI=1S/C10H11NO7/c1-15-7-5(3-12)6(11(13)14)8(16-2)10-9(7)17-4-18-10/h12H,3-4H2,1-2H3. The zero-order chi connectivity index (χ0) is 13.3. The van der Waals surface area contributed by atoms with Gasteiger partial charge in [0.1, 0.15) is 5.56 Å². The van der Waals surface area contributed by atoms with Gasteiger partial charge in [0.25, 0.3) is 0 Å². The fourth-order valence-corrected chi connectivity index (χ4v) is 1.85. The largest absolute Gasteiger partial charge is 0.492 e. The van der Waals surface area contributed by atoms with E-state index in [1.165, 1.54) is 14.2 Å². The molecule has 18 heavy (non-hydrogen) atoms. The highest BCUT2D eigenvalue weighted by Gasteiger charge is 2.37. The Hall–Kier alpha value is -2.22. The summed E-state index contributed by atoms with van der Waals surface area (Å²) in [6.07, 6.45) is 0. The number of aliphatic hydroxyl groups excluding tert-OH is 1. The van der Waals surface area contributed by atoms with Crippen LogP contribution in [-0.4, -0.2) is 31.0 Å². The number of nitro groups is 1. The fourth-order valence-electron chi connectivity index (χ4n) is 1.85. The van der Waals surface area contributed by atoms with E-state index in [0.717, 1.165) is 0 Å². The van der Waals surface area contributed by atoms with E-state index < -0.39 is 11.5 Å². The molecule has 2 rings (SSSR count). The SMILES string of the molecule is COc1c(CO)c([N+](=O)[O-])c(OC)c2c1OCO2. The van der Waals surface area contributed by atoms with Gasteiger partial charge in [0.2, 0.25) is 24.0 Å². The molecule has 0 atom stereocenters. The average molecular weight is 257 g/mol. The van der Waals surface area contributed by atoms with Crippen LogP contribution in [0, 0.1) is 10.1 Å². The number of nitro benzene ring substituents is 1. The van der Waals surface area contributed by atoms with E-state index >= 15 is 0 Å². The minimum atomic E-state index is -0.658. The molecule has 0 aromatic heterocycles. The van der Waals surface area contributed by atoms with Gasteiger partial charge in [-0.25, -0.2) is 0 Å². The van der Waals surface area contributed by atoms with Crippen LogP contribution < -0.4 is 18.9 Å². The van der Waals surface area contributed by atoms with Crippen LogP contribution >= 0.6 is 0 Å². The minimum absolute atomic E-state index is 0.0106. The van der Waals surface area contributed by atoms with Crippen molar-refractivity contribution in [3.8, 4) is 23.0 Å². The van der Waals surface area contributed by atoms with E-state index in [4.69, 9.17) is 18.9 Å². The molecule has 1 aromatic carbocycles. The molecule has 0 aliphatic carbocycles. The highest BCUT2D eigenvalue weighted by Crippen LogP contribution is 2.55. The number of nitrogens with zero attached hydrogens (tertiary/aromatic N) is 1. The Labute approximate surface area is 102 Å². The molecular weight excluding hydrogens is 246 g/mol. The summed E-state index contributed by atoms with van der Waals surface area (Å²) < 4.78 is 20.3. The van der Waals surface area contributed by atoms with Crippen molar-refractivity contribution in [2.45, 2.75) is 6.61 Å². The number of methoxy groups -OCH3 is 2. The van der Waals surface area contributed by atoms with Crippen LogP contribution in [-0.2, 0) is 6.61 Å². The smallest absolute Gasteiger partial charge is 0.324 e. The van der Waals surface area contributed by atoms with Crippen molar-refractivity contribution in [1.29, 1.82) is 0 Å². The first-order chi connectivity index (χ1) is 8.65. The molecule has 1 N–H and O–H groups in total. The normalized spacial score (nSPS) is 12.4. The van der Waals surface area contributed by atoms with Crippen molar-refractivity contribution in [3.63, 3.8) is 0 Å². The molecule has 0 radical (unpaired) electrons. The summed E-state index contributed by atoms with van der Waals surface area (Å²) in [6, 6.07) is 0. The highest BCUT2D eigenvalue weighted by atomic mass is 16.7. The van der Waals surface area contributed by atoms with Gasteiger partial charge in [-0.3, -0.25) is 10.1 Å². The van der Waals surface area contributed by atoms with E-state index in [-0.39, 0.29) is 41.0 Å². The van der Waals surface area contributed by atoms with Crippen molar-refractivity contribution in [2.75, 3.05) is 21.0 Å². The van der Waals surface area contributed by atoms with Gasteiger partial charge in [-0.2, -0.15) is 0 Å². The van der Waals surface area contributed by atoms with Crippen molar-refractivity contribution < 1.29 is 29.0 Å². The van der Waals surface area contributed by atoms with Crippen LogP contribution in [0.25, 0.3) is 0 Å². The van der Waals surface area contributed by atoms with E-state index in [1.54, 1.807) is 0 Å². The van der Waals surface area contributed by atoms with Crippen LogP contribution in [0.1, 0.15) is 5.56 Å². The van der Waals surface area contributed by atoms with E-state index in [2.05, 4.69) is 0 Å². The molecule has 1 aromatic rings. The zero-order valence-electron chi connectivity index (χ0n) is 9.76. The summed E-state index contributed by atoms with van der Waals surface area (Å²) in [5.41, 5.74) is -0.398. The highest BCUT2D eigenvalue weighted by molar-refractivity contribution is 5.73. The summed E-state index contributed by atoms with van der Waals surface area (Å²) in [4.78, 5) is 10.4. The number of ether oxygens (including phenoxy) is 4. The summed E-state index contributed by atoms with van der Waals surface area (Å²) in [5, 5.41) is 20.4. The second-order valence-corrected chi connectivity index (χ2v) is 3.37. The second-order valence-electron chi connectivity index (χ2n) is 3.37. The van der Waals surface area contributed by atoms with Crippen molar-refractivity contribution in [1.82, 2.24) is 0 Å². The number of benzene rings is 1. The maximum absolute atomic E-state index is 11.1. The molecule has 0 saturated carbocycles. The van der Waals surface area contributed by atoms with Crippen molar-refractivity contribution in [2.24, 2.45) is 0 Å². The van der Waals surface area contributed by atoms with Gasteiger partial charge in [-0.15, -0.1) is 0 Å². The van der Waals surface area contributed by atoms with Gasteiger partial charge < -0.3 is 24.1 Å². The lowest BCUT2D eigenvalue weighted by Gasteiger charge is -2.13. The summed E-state index contributed by atoms with van der Waals surface area (Å²) >= 11 is 0. The number of hydrogen-bond acceptors (Lipinski definition) is 7. The number of hydrogen-bond donors (Lipinski definition) is 1. The van der Waals surface area contributed by atoms with E-state index in [0.29, 0.717) is 0 Å². The molecule has 1 aliphatic rings. The Balaban J connectivity index is 2.82. The molecule has 8 nitrogen and oxygen atoms in total. The number of fused-ring (bicyclic) bond motifs is 1. The monoisotopic (exact) mass is 257 g/mol. The van der Waals surface area contributed by atoms with Crippen LogP contribution in [0.15, 0.2) is 0 Å². The Bertz CT molecular complexity index is 500. The Kier molecular flexibility index (Phi) is 3.11. The lowest BCUT2D eigenvalue weighted by atomic mass is 10.1. The lowest BCUT2D eigenvalue weighted by molar-refractivity contribution is -0.386. The third-order valence-electron chi connectivity index (χ3n) is 2.55. The molecule has 8 heteroatoms. The predicted molar refractivity (Wildman–Crippen MR) is 58.2 cm³/mol. The van der Waals surface area contributed by atoms with Gasteiger partial charge in [0.15, 0.2) is 5.75 Å². The molecule has 0 unspecified atom stereocenters. The Morgan fingerprint density at radius 2 is 1.83 bits per heavy atom. The third-order valence-corrected chi connectivity index (χ3v) is 2.55. The molecule has 0 bridgehead atoms. The van der Waals surface area contributed by atoms with Crippen LogP contribution in [0.4, 0.5) is 5.69 Å².